The van der Waals surface area contributed by atoms with E-state index in [0.29, 0.717) is 17.9 Å². The summed E-state index contributed by atoms with van der Waals surface area (Å²) in [6.07, 6.45) is 2.33. The summed E-state index contributed by atoms with van der Waals surface area (Å²) >= 11 is 0. The van der Waals surface area contributed by atoms with Crippen molar-refractivity contribution in [3.63, 3.8) is 0 Å². The van der Waals surface area contributed by atoms with Gasteiger partial charge in [0, 0.05) is 17.8 Å². The fourth-order valence-corrected chi connectivity index (χ4v) is 2.76. The number of nitrogens with one attached hydrogen (secondary N) is 1. The van der Waals surface area contributed by atoms with Gasteiger partial charge in [-0.25, -0.2) is 19.2 Å². The van der Waals surface area contributed by atoms with Gasteiger partial charge in [0.25, 0.3) is 0 Å². The molecule has 0 bridgehead atoms. The van der Waals surface area contributed by atoms with Crippen molar-refractivity contribution in [3.05, 3.63) is 66.2 Å². The van der Waals surface area contributed by atoms with Crippen molar-refractivity contribution in [3.8, 4) is 17.0 Å². The van der Waals surface area contributed by atoms with Crippen LogP contribution in [0.3, 0.4) is 0 Å². The molecule has 0 saturated carbocycles. The molecular weight excluding hydrogens is 387 g/mol. The predicted octanol–water partition coefficient (Wildman–Crippen LogP) is 4.06. The van der Waals surface area contributed by atoms with E-state index >= 15 is 0 Å². The number of hydrogen-bond donors (Lipinski definition) is 2. The van der Waals surface area contributed by atoms with Gasteiger partial charge in [0.2, 0.25) is 0 Å². The average molecular weight is 410 g/mol. The number of halogens is 1. The lowest BCUT2D eigenvalue weighted by Gasteiger charge is -2.12. The van der Waals surface area contributed by atoms with Crippen LogP contribution >= 0.6 is 0 Å². The monoisotopic (exact) mass is 410 g/mol. The lowest BCUT2D eigenvalue weighted by atomic mass is 10.1. The average Bonchev–Trinajstić information content (AvgIpc) is 2.72. The van der Waals surface area contributed by atoms with Crippen molar-refractivity contribution in [2.45, 2.75) is 6.42 Å². The molecule has 0 radical (unpaired) electrons. The number of hydrogen-bond acceptors (Lipinski definition) is 6. The zero-order valence-electron chi connectivity index (χ0n) is 16.8. The number of anilines is 2. The highest BCUT2D eigenvalue weighted by Crippen LogP contribution is 2.24. The van der Waals surface area contributed by atoms with Crippen LogP contribution in [0.25, 0.3) is 11.3 Å². The fourth-order valence-electron chi connectivity index (χ4n) is 2.76. The zero-order chi connectivity index (χ0) is 21.5. The smallest absolute Gasteiger partial charge is 0.358 e. The molecule has 1 heterocycles. The van der Waals surface area contributed by atoms with Crippen LogP contribution in [-0.4, -0.2) is 53.2 Å². The first kappa shape index (κ1) is 21.2. The summed E-state index contributed by atoms with van der Waals surface area (Å²) in [5, 5.41) is 12.5. The SMILES string of the molecule is CN(C)CCCOc1ccc(Nc2ncc(-c3cccc(F)c3)nc2C(=O)O)cc1. The van der Waals surface area contributed by atoms with E-state index < -0.39 is 11.8 Å². The van der Waals surface area contributed by atoms with Crippen molar-refractivity contribution in [1.82, 2.24) is 14.9 Å². The lowest BCUT2D eigenvalue weighted by Crippen LogP contribution is -2.15. The summed E-state index contributed by atoms with van der Waals surface area (Å²) in [5.74, 6) is -0.839. The Hall–Kier alpha value is -3.52. The minimum absolute atomic E-state index is 0.0994. The Morgan fingerprint density at radius 2 is 1.97 bits per heavy atom. The van der Waals surface area contributed by atoms with Gasteiger partial charge in [0.15, 0.2) is 11.5 Å². The molecule has 7 nitrogen and oxygen atoms in total. The summed E-state index contributed by atoms with van der Waals surface area (Å²) in [6.45, 7) is 1.56. The molecule has 3 aromatic rings. The number of aromatic nitrogens is 2. The van der Waals surface area contributed by atoms with Crippen LogP contribution in [0.1, 0.15) is 16.9 Å². The van der Waals surface area contributed by atoms with Crippen molar-refractivity contribution >= 4 is 17.5 Å². The molecule has 0 fully saturated rings. The molecule has 0 saturated heterocycles. The third-order valence-corrected chi connectivity index (χ3v) is 4.23. The van der Waals surface area contributed by atoms with Crippen LogP contribution in [0.15, 0.2) is 54.7 Å². The number of carboxylic acid groups (broad SMARTS) is 1. The second-order valence-corrected chi connectivity index (χ2v) is 6.92. The summed E-state index contributed by atoms with van der Waals surface area (Å²) in [5.41, 5.74) is 1.12. The molecule has 0 aliphatic rings. The molecule has 30 heavy (non-hydrogen) atoms. The minimum Gasteiger partial charge on any atom is -0.494 e. The molecule has 8 heteroatoms. The van der Waals surface area contributed by atoms with Crippen LogP contribution in [0.2, 0.25) is 0 Å². The van der Waals surface area contributed by atoms with Gasteiger partial charge in [-0.15, -0.1) is 0 Å². The van der Waals surface area contributed by atoms with Gasteiger partial charge in [0.1, 0.15) is 11.6 Å². The van der Waals surface area contributed by atoms with Crippen LogP contribution in [0.4, 0.5) is 15.9 Å². The molecule has 0 aliphatic heterocycles. The molecular formula is C22H23FN4O3. The third kappa shape index (κ3) is 5.74. The number of benzene rings is 2. The molecule has 2 N–H and O–H groups in total. The Morgan fingerprint density at radius 1 is 1.20 bits per heavy atom. The highest BCUT2D eigenvalue weighted by molar-refractivity contribution is 5.92. The topological polar surface area (TPSA) is 87.6 Å². The van der Waals surface area contributed by atoms with Gasteiger partial charge in [-0.1, -0.05) is 12.1 Å². The van der Waals surface area contributed by atoms with Crippen LogP contribution < -0.4 is 10.1 Å². The van der Waals surface area contributed by atoms with Gasteiger partial charge >= 0.3 is 5.97 Å². The molecule has 156 valence electrons. The van der Waals surface area contributed by atoms with Crippen LogP contribution in [-0.2, 0) is 0 Å². The highest BCUT2D eigenvalue weighted by atomic mass is 19.1. The molecule has 0 aliphatic carbocycles. The summed E-state index contributed by atoms with van der Waals surface area (Å²) in [6, 6.07) is 12.9. The summed E-state index contributed by atoms with van der Waals surface area (Å²) in [7, 11) is 4.03. The first-order valence-electron chi connectivity index (χ1n) is 9.43. The maximum Gasteiger partial charge on any atom is 0.358 e. The Kier molecular flexibility index (Phi) is 6.92. The molecule has 3 rings (SSSR count). The van der Waals surface area contributed by atoms with E-state index in [-0.39, 0.29) is 17.2 Å². The Morgan fingerprint density at radius 3 is 2.63 bits per heavy atom. The van der Waals surface area contributed by atoms with E-state index in [1.165, 1.54) is 24.4 Å². The molecule has 0 amide bonds. The maximum atomic E-state index is 13.5. The number of carboxylic acids is 1. The molecule has 0 unspecified atom stereocenters. The number of ether oxygens (including phenoxy) is 1. The zero-order valence-corrected chi connectivity index (χ0v) is 16.8. The first-order chi connectivity index (χ1) is 14.4. The van der Waals surface area contributed by atoms with E-state index in [4.69, 9.17) is 4.74 Å². The lowest BCUT2D eigenvalue weighted by molar-refractivity contribution is 0.0691. The number of aromatic carboxylic acids is 1. The molecule has 2 aromatic carbocycles. The third-order valence-electron chi connectivity index (χ3n) is 4.23. The van der Waals surface area contributed by atoms with Crippen LogP contribution in [0, 0.1) is 5.82 Å². The largest absolute Gasteiger partial charge is 0.494 e. The summed E-state index contributed by atoms with van der Waals surface area (Å²) in [4.78, 5) is 22.1. The van der Waals surface area contributed by atoms with Crippen LogP contribution in [0.5, 0.6) is 5.75 Å². The maximum absolute atomic E-state index is 13.5. The second-order valence-electron chi connectivity index (χ2n) is 6.92. The first-order valence-corrected chi connectivity index (χ1v) is 9.43. The van der Waals surface area contributed by atoms with E-state index in [0.717, 1.165) is 18.7 Å². The predicted molar refractivity (Wildman–Crippen MR) is 113 cm³/mol. The molecule has 1 aromatic heterocycles. The summed E-state index contributed by atoms with van der Waals surface area (Å²) < 4.78 is 19.1. The Labute approximate surface area is 174 Å². The quantitative estimate of drug-likeness (QED) is 0.515. The van der Waals surface area contributed by atoms with E-state index in [9.17, 15) is 14.3 Å². The molecule has 0 spiro atoms. The number of nitrogens with zero attached hydrogens (tertiary/aromatic N) is 3. The van der Waals surface area contributed by atoms with E-state index in [1.807, 2.05) is 14.1 Å². The van der Waals surface area contributed by atoms with Crippen molar-refractivity contribution in [2.24, 2.45) is 0 Å². The Bertz CT molecular complexity index is 1010. The van der Waals surface area contributed by atoms with Gasteiger partial charge in [-0.2, -0.15) is 0 Å². The normalized spacial score (nSPS) is 10.8. The van der Waals surface area contributed by atoms with Crippen molar-refractivity contribution in [2.75, 3.05) is 32.6 Å². The van der Waals surface area contributed by atoms with Gasteiger partial charge in [0.05, 0.1) is 18.5 Å². The molecule has 0 atom stereocenters. The highest BCUT2D eigenvalue weighted by Gasteiger charge is 2.16. The number of rotatable bonds is 9. The fraction of sp³-hybridized carbons (Fsp3) is 0.227. The van der Waals surface area contributed by atoms with Crippen molar-refractivity contribution in [1.29, 1.82) is 0 Å². The minimum atomic E-state index is -1.23. The second kappa shape index (κ2) is 9.80. The van der Waals surface area contributed by atoms with E-state index in [2.05, 4.69) is 20.2 Å². The number of carbonyl (C=O) groups is 1. The van der Waals surface area contributed by atoms with Crippen molar-refractivity contribution < 1.29 is 19.0 Å². The van der Waals surface area contributed by atoms with Gasteiger partial charge in [-0.05, 0) is 56.9 Å². The van der Waals surface area contributed by atoms with E-state index in [1.54, 1.807) is 30.3 Å². The standard InChI is InChI=1S/C22H23FN4O3/c1-27(2)11-4-12-30-18-9-7-17(8-10-18)25-21-20(22(28)29)26-19(14-24-21)15-5-3-6-16(23)13-15/h3,5-10,13-14H,4,11-12H2,1-2H3,(H,24,25)(H,28,29). The van der Waals surface area contributed by atoms with Gasteiger partial charge < -0.3 is 20.1 Å². The van der Waals surface area contributed by atoms with Gasteiger partial charge in [-0.3, -0.25) is 0 Å². The Balaban J connectivity index is 1.72.